The first kappa shape index (κ1) is 32.0. The highest BCUT2D eigenvalue weighted by atomic mass is 16.5. The molecule has 1 saturated carbocycles. The number of amides is 2. The van der Waals surface area contributed by atoms with E-state index in [1.54, 1.807) is 36.5 Å². The molecule has 3 aromatic rings. The van der Waals surface area contributed by atoms with Gasteiger partial charge in [-0.15, -0.1) is 0 Å². The third kappa shape index (κ3) is 6.97. The fourth-order valence-corrected chi connectivity index (χ4v) is 6.59. The van der Waals surface area contributed by atoms with Crippen LogP contribution in [0.15, 0.2) is 60.9 Å². The van der Waals surface area contributed by atoms with Crippen molar-refractivity contribution in [3.05, 3.63) is 72.2 Å². The molecule has 2 fully saturated rings. The summed E-state index contributed by atoms with van der Waals surface area (Å²) in [5.41, 5.74) is 1.70. The fourth-order valence-electron chi connectivity index (χ4n) is 6.59. The molecule has 2 amide bonds. The van der Waals surface area contributed by atoms with Crippen molar-refractivity contribution in [2.75, 3.05) is 52.3 Å². The Labute approximate surface area is 262 Å². The average molecular weight is 620 g/mol. The zero-order chi connectivity index (χ0) is 32.0. The zero-order valence-electron chi connectivity index (χ0n) is 25.7. The molecule has 45 heavy (non-hydrogen) atoms. The van der Waals surface area contributed by atoms with Gasteiger partial charge in [-0.05, 0) is 37.5 Å². The molecule has 12 heteroatoms. The van der Waals surface area contributed by atoms with Gasteiger partial charge in [0.15, 0.2) is 5.69 Å². The second kappa shape index (κ2) is 14.1. The van der Waals surface area contributed by atoms with E-state index in [4.69, 9.17) is 9.47 Å². The van der Waals surface area contributed by atoms with Crippen molar-refractivity contribution >= 4 is 23.7 Å². The van der Waals surface area contributed by atoms with E-state index in [-0.39, 0.29) is 43.9 Å². The van der Waals surface area contributed by atoms with Crippen LogP contribution in [0.2, 0.25) is 0 Å². The number of carbonyl (C=O) groups is 3. The van der Waals surface area contributed by atoms with Crippen molar-refractivity contribution in [3.63, 3.8) is 0 Å². The molecule has 2 heterocycles. The van der Waals surface area contributed by atoms with E-state index in [1.807, 2.05) is 41.0 Å². The minimum atomic E-state index is -1.11. The summed E-state index contributed by atoms with van der Waals surface area (Å²) in [6.07, 6.45) is 4.17. The van der Waals surface area contributed by atoms with E-state index in [1.165, 1.54) is 12.0 Å². The highest BCUT2D eigenvalue weighted by Gasteiger charge is 2.42. The van der Waals surface area contributed by atoms with Gasteiger partial charge in [0.1, 0.15) is 5.60 Å². The Hall–Kier alpha value is -4.42. The minimum absolute atomic E-state index is 0.155. The van der Waals surface area contributed by atoms with Gasteiger partial charge < -0.3 is 39.4 Å². The van der Waals surface area contributed by atoms with Gasteiger partial charge in [0, 0.05) is 44.5 Å². The van der Waals surface area contributed by atoms with E-state index < -0.39 is 23.7 Å². The van der Waals surface area contributed by atoms with Gasteiger partial charge in [0.2, 0.25) is 0 Å². The maximum absolute atomic E-state index is 14.4. The lowest BCUT2D eigenvalue weighted by Crippen LogP contribution is -2.56. The van der Waals surface area contributed by atoms with Crippen LogP contribution in [0.1, 0.15) is 59.0 Å². The van der Waals surface area contributed by atoms with E-state index in [9.17, 15) is 24.6 Å². The van der Waals surface area contributed by atoms with Crippen LogP contribution in [-0.2, 0) is 9.47 Å². The van der Waals surface area contributed by atoms with Crippen molar-refractivity contribution in [3.8, 4) is 11.3 Å². The summed E-state index contributed by atoms with van der Waals surface area (Å²) in [7, 11) is 2.90. The SMILES string of the molecule is COC[C@]1(O)CCCC[C@H]1n1cnc(C(=O)N2CCN(C(=O)O)C[C@H]2CCNc2cccc(C(=O)OC)c2)c1-c1ccccc1. The van der Waals surface area contributed by atoms with Gasteiger partial charge in [0.25, 0.3) is 5.91 Å². The van der Waals surface area contributed by atoms with Gasteiger partial charge in [-0.1, -0.05) is 49.2 Å². The molecule has 0 unspecified atom stereocenters. The van der Waals surface area contributed by atoms with Crippen LogP contribution in [0.5, 0.6) is 0 Å². The highest BCUT2D eigenvalue weighted by Crippen LogP contribution is 2.41. The lowest BCUT2D eigenvalue weighted by molar-refractivity contribution is -0.0893. The smallest absolute Gasteiger partial charge is 0.407 e. The molecule has 0 radical (unpaired) electrons. The molecule has 3 atom stereocenters. The van der Waals surface area contributed by atoms with Crippen LogP contribution in [0.25, 0.3) is 11.3 Å². The van der Waals surface area contributed by atoms with Gasteiger partial charge in [-0.2, -0.15) is 0 Å². The summed E-state index contributed by atoms with van der Waals surface area (Å²) < 4.78 is 12.2. The number of nitrogens with one attached hydrogen (secondary N) is 1. The molecule has 1 aromatic heterocycles. The Morgan fingerprint density at radius 3 is 2.60 bits per heavy atom. The monoisotopic (exact) mass is 619 g/mol. The molecule has 0 bridgehead atoms. The quantitative estimate of drug-likeness (QED) is 0.285. The molecular weight excluding hydrogens is 578 g/mol. The molecule has 1 aliphatic heterocycles. The zero-order valence-corrected chi connectivity index (χ0v) is 25.7. The molecular formula is C33H41N5O7. The van der Waals surface area contributed by atoms with E-state index in [2.05, 4.69) is 10.3 Å². The number of hydrogen-bond donors (Lipinski definition) is 3. The number of anilines is 1. The third-order valence-electron chi connectivity index (χ3n) is 8.84. The van der Waals surface area contributed by atoms with Crippen LogP contribution in [0.4, 0.5) is 10.5 Å². The molecule has 2 aliphatic rings. The van der Waals surface area contributed by atoms with E-state index in [0.717, 1.165) is 18.4 Å². The van der Waals surface area contributed by atoms with Crippen molar-refractivity contribution in [2.45, 2.75) is 49.8 Å². The normalized spacial score (nSPS) is 21.8. The Morgan fingerprint density at radius 1 is 1.07 bits per heavy atom. The van der Waals surface area contributed by atoms with E-state index in [0.29, 0.717) is 42.8 Å². The van der Waals surface area contributed by atoms with Crippen molar-refractivity contribution in [2.24, 2.45) is 0 Å². The first-order valence-corrected chi connectivity index (χ1v) is 15.3. The molecule has 12 nitrogen and oxygen atoms in total. The number of aliphatic hydroxyl groups is 1. The number of methoxy groups -OCH3 is 2. The summed E-state index contributed by atoms with van der Waals surface area (Å²) in [5, 5.41) is 24.7. The molecule has 1 saturated heterocycles. The molecule has 3 N–H and O–H groups in total. The number of nitrogens with zero attached hydrogens (tertiary/aromatic N) is 4. The third-order valence-corrected chi connectivity index (χ3v) is 8.84. The van der Waals surface area contributed by atoms with Crippen molar-refractivity contribution < 1.29 is 34.1 Å². The molecule has 2 aromatic carbocycles. The first-order chi connectivity index (χ1) is 21.8. The van der Waals surface area contributed by atoms with Crippen LogP contribution < -0.4 is 5.32 Å². The summed E-state index contributed by atoms with van der Waals surface area (Å²) in [4.78, 5) is 45.9. The Bertz CT molecular complexity index is 1490. The largest absolute Gasteiger partial charge is 0.465 e. The van der Waals surface area contributed by atoms with Gasteiger partial charge in [-0.3, -0.25) is 4.79 Å². The number of hydrogen-bond acceptors (Lipinski definition) is 8. The predicted octanol–water partition coefficient (Wildman–Crippen LogP) is 4.14. The predicted molar refractivity (Wildman–Crippen MR) is 167 cm³/mol. The maximum atomic E-state index is 14.4. The molecule has 0 spiro atoms. The summed E-state index contributed by atoms with van der Waals surface area (Å²) in [6, 6.07) is 15.7. The molecule has 5 rings (SSSR count). The number of benzene rings is 2. The number of esters is 1. The Kier molecular flexibility index (Phi) is 10.0. The van der Waals surface area contributed by atoms with Crippen LogP contribution >= 0.6 is 0 Å². The van der Waals surface area contributed by atoms with Crippen molar-refractivity contribution in [1.82, 2.24) is 19.4 Å². The second-order valence-electron chi connectivity index (χ2n) is 11.7. The van der Waals surface area contributed by atoms with Gasteiger partial charge in [0.05, 0.1) is 43.4 Å². The standard InChI is InChI=1S/C33H41N5O7/c1-44-21-33(43)15-7-6-13-27(33)38-22-35-28(29(38)23-9-4-3-5-10-23)30(39)37-18-17-36(32(41)42)20-26(37)14-16-34-25-12-8-11-24(19-25)31(40)45-2/h3-5,8-12,19,22,26-27,34,43H,6-7,13-18,20-21H2,1-2H3,(H,41,42)/t26-,27-,33-/m1/s1. The first-order valence-electron chi connectivity index (χ1n) is 15.3. The van der Waals surface area contributed by atoms with Gasteiger partial charge >= 0.3 is 12.1 Å². The number of ether oxygens (including phenoxy) is 2. The Balaban J connectivity index is 1.43. The lowest BCUT2D eigenvalue weighted by atomic mass is 9.80. The Morgan fingerprint density at radius 2 is 1.87 bits per heavy atom. The number of carboxylic acid groups (broad SMARTS) is 1. The number of imidazole rings is 1. The lowest BCUT2D eigenvalue weighted by Gasteiger charge is -2.41. The van der Waals surface area contributed by atoms with Crippen LogP contribution in [0, 0.1) is 0 Å². The van der Waals surface area contributed by atoms with Crippen LogP contribution in [0.3, 0.4) is 0 Å². The topological polar surface area (TPSA) is 146 Å². The number of piperazine rings is 1. The highest BCUT2D eigenvalue weighted by molar-refractivity contribution is 5.98. The van der Waals surface area contributed by atoms with Crippen LogP contribution in [-0.4, -0.2) is 106 Å². The van der Waals surface area contributed by atoms with Crippen molar-refractivity contribution in [1.29, 1.82) is 0 Å². The number of carbonyl (C=O) groups excluding carboxylic acids is 2. The number of rotatable bonds is 10. The number of aromatic nitrogens is 2. The minimum Gasteiger partial charge on any atom is -0.465 e. The molecule has 240 valence electrons. The second-order valence-corrected chi connectivity index (χ2v) is 11.7. The molecule has 1 aliphatic carbocycles. The van der Waals surface area contributed by atoms with E-state index >= 15 is 0 Å². The van der Waals surface area contributed by atoms with Gasteiger partial charge in [-0.25, -0.2) is 14.6 Å². The maximum Gasteiger partial charge on any atom is 0.407 e. The summed E-state index contributed by atoms with van der Waals surface area (Å²) in [6.45, 7) is 1.15. The average Bonchev–Trinajstić information content (AvgIpc) is 3.49. The summed E-state index contributed by atoms with van der Waals surface area (Å²) in [5.74, 6) is -0.733. The fraction of sp³-hybridized carbons (Fsp3) is 0.455. The summed E-state index contributed by atoms with van der Waals surface area (Å²) >= 11 is 0.